The summed E-state index contributed by atoms with van der Waals surface area (Å²) in [5.41, 5.74) is 0. The minimum Gasteiger partial charge on any atom is -0.358 e. The Morgan fingerprint density at radius 1 is 1.20 bits per heavy atom. The van der Waals surface area contributed by atoms with Gasteiger partial charge in [-0.3, -0.25) is 14.5 Å². The molecule has 1 saturated heterocycles. The number of nitrogens with one attached hydrogen (secondary N) is 1. The number of likely N-dealkylation sites (tertiary alicyclic amines) is 1. The molecule has 2 rings (SSSR count). The van der Waals surface area contributed by atoms with Crippen molar-refractivity contribution in [2.75, 3.05) is 33.7 Å². The summed E-state index contributed by atoms with van der Waals surface area (Å²) in [7, 11) is 3.30. The van der Waals surface area contributed by atoms with E-state index in [-0.39, 0.29) is 18.4 Å². The van der Waals surface area contributed by atoms with Crippen LogP contribution in [0.3, 0.4) is 0 Å². The normalized spacial score (nSPS) is 26.7. The standard InChI is InChI=1S/C15H27N3O2/c1-16-14(19)10-17(2)15(20)11-18-9-5-7-12-6-3-4-8-13(12)18/h12-13H,3-11H2,1-2H3,(H,16,19)/t12-,13-/m0/s1. The van der Waals surface area contributed by atoms with E-state index in [2.05, 4.69) is 10.2 Å². The van der Waals surface area contributed by atoms with Gasteiger partial charge in [-0.05, 0) is 38.1 Å². The molecule has 1 N–H and O–H groups in total. The zero-order chi connectivity index (χ0) is 14.5. The number of carbonyl (C=O) groups is 2. The average molecular weight is 281 g/mol. The molecule has 1 heterocycles. The van der Waals surface area contributed by atoms with Gasteiger partial charge in [0.25, 0.3) is 0 Å². The summed E-state index contributed by atoms with van der Waals surface area (Å²) in [6.07, 6.45) is 7.72. The Bertz CT molecular complexity index is 357. The molecule has 114 valence electrons. The van der Waals surface area contributed by atoms with E-state index in [0.717, 1.165) is 12.5 Å². The van der Waals surface area contributed by atoms with Gasteiger partial charge in [0.1, 0.15) is 0 Å². The topological polar surface area (TPSA) is 52.7 Å². The minimum atomic E-state index is -0.116. The van der Waals surface area contributed by atoms with Gasteiger partial charge in [0, 0.05) is 20.1 Å². The van der Waals surface area contributed by atoms with Gasteiger partial charge in [-0.1, -0.05) is 12.8 Å². The molecular formula is C15H27N3O2. The maximum absolute atomic E-state index is 12.2. The largest absolute Gasteiger partial charge is 0.358 e. The number of likely N-dealkylation sites (N-methyl/N-ethyl adjacent to an activating group) is 2. The summed E-state index contributed by atoms with van der Waals surface area (Å²) in [5, 5.41) is 2.55. The molecule has 1 saturated carbocycles. The van der Waals surface area contributed by atoms with Crippen molar-refractivity contribution in [2.24, 2.45) is 5.92 Å². The zero-order valence-corrected chi connectivity index (χ0v) is 12.7. The third-order valence-corrected chi connectivity index (χ3v) is 4.78. The first-order chi connectivity index (χ1) is 9.61. The van der Waals surface area contributed by atoms with Crippen LogP contribution in [0.2, 0.25) is 0 Å². The van der Waals surface area contributed by atoms with Crippen molar-refractivity contribution >= 4 is 11.8 Å². The van der Waals surface area contributed by atoms with Crippen molar-refractivity contribution in [3.63, 3.8) is 0 Å². The van der Waals surface area contributed by atoms with Crippen LogP contribution < -0.4 is 5.32 Å². The van der Waals surface area contributed by atoms with Gasteiger partial charge in [-0.15, -0.1) is 0 Å². The Kier molecular flexibility index (Phi) is 5.40. The van der Waals surface area contributed by atoms with Crippen LogP contribution in [0.25, 0.3) is 0 Å². The van der Waals surface area contributed by atoms with Crippen LogP contribution in [0.5, 0.6) is 0 Å². The molecule has 2 amide bonds. The summed E-state index contributed by atoms with van der Waals surface area (Å²) in [5.74, 6) is 0.726. The van der Waals surface area contributed by atoms with E-state index in [1.54, 1.807) is 14.1 Å². The third-order valence-electron chi connectivity index (χ3n) is 4.78. The van der Waals surface area contributed by atoms with Gasteiger partial charge in [0.2, 0.25) is 11.8 Å². The Balaban J connectivity index is 1.87. The Morgan fingerprint density at radius 2 is 1.90 bits per heavy atom. The van der Waals surface area contributed by atoms with Crippen LogP contribution in [0.4, 0.5) is 0 Å². The highest BCUT2D eigenvalue weighted by molar-refractivity contribution is 5.85. The fraction of sp³-hybridized carbons (Fsp3) is 0.867. The van der Waals surface area contributed by atoms with E-state index >= 15 is 0 Å². The fourth-order valence-corrected chi connectivity index (χ4v) is 3.60. The molecular weight excluding hydrogens is 254 g/mol. The second-order valence-corrected chi connectivity index (χ2v) is 6.15. The lowest BCUT2D eigenvalue weighted by atomic mass is 9.78. The fourth-order valence-electron chi connectivity index (χ4n) is 3.60. The maximum atomic E-state index is 12.2. The molecule has 0 aromatic rings. The summed E-state index contributed by atoms with van der Waals surface area (Å²) in [6.45, 7) is 1.65. The van der Waals surface area contributed by atoms with Crippen LogP contribution in [0.15, 0.2) is 0 Å². The van der Waals surface area contributed by atoms with E-state index in [0.29, 0.717) is 12.6 Å². The predicted octanol–water partition coefficient (Wildman–Crippen LogP) is 0.845. The number of hydrogen-bond acceptors (Lipinski definition) is 3. The van der Waals surface area contributed by atoms with E-state index in [1.807, 2.05) is 0 Å². The third kappa shape index (κ3) is 3.72. The molecule has 0 unspecified atom stereocenters. The van der Waals surface area contributed by atoms with Crippen molar-refractivity contribution in [2.45, 2.75) is 44.6 Å². The van der Waals surface area contributed by atoms with Crippen molar-refractivity contribution in [1.82, 2.24) is 15.1 Å². The second-order valence-electron chi connectivity index (χ2n) is 6.15. The van der Waals surface area contributed by atoms with E-state index < -0.39 is 0 Å². The van der Waals surface area contributed by atoms with Crippen molar-refractivity contribution < 1.29 is 9.59 Å². The molecule has 0 aromatic heterocycles. The molecule has 0 aromatic carbocycles. The summed E-state index contributed by atoms with van der Waals surface area (Å²) in [4.78, 5) is 27.5. The molecule has 2 fully saturated rings. The average Bonchev–Trinajstić information content (AvgIpc) is 2.47. The van der Waals surface area contributed by atoms with Gasteiger partial charge >= 0.3 is 0 Å². The molecule has 5 heteroatoms. The highest BCUT2D eigenvalue weighted by atomic mass is 16.2. The lowest BCUT2D eigenvalue weighted by Crippen LogP contribution is -2.51. The smallest absolute Gasteiger partial charge is 0.239 e. The van der Waals surface area contributed by atoms with Gasteiger partial charge in [0.15, 0.2) is 0 Å². The summed E-state index contributed by atoms with van der Waals surface area (Å²) in [6, 6.07) is 0.592. The van der Waals surface area contributed by atoms with Crippen LogP contribution in [0, 0.1) is 5.92 Å². The summed E-state index contributed by atoms with van der Waals surface area (Å²) < 4.78 is 0. The lowest BCUT2D eigenvalue weighted by Gasteiger charge is -2.44. The van der Waals surface area contributed by atoms with E-state index in [4.69, 9.17) is 0 Å². The predicted molar refractivity (Wildman–Crippen MR) is 78.3 cm³/mol. The quantitative estimate of drug-likeness (QED) is 0.831. The van der Waals surface area contributed by atoms with Crippen LogP contribution in [0.1, 0.15) is 38.5 Å². The van der Waals surface area contributed by atoms with Gasteiger partial charge in [0.05, 0.1) is 13.1 Å². The summed E-state index contributed by atoms with van der Waals surface area (Å²) >= 11 is 0. The van der Waals surface area contributed by atoms with Gasteiger partial charge in [-0.2, -0.15) is 0 Å². The van der Waals surface area contributed by atoms with Gasteiger partial charge < -0.3 is 10.2 Å². The molecule has 20 heavy (non-hydrogen) atoms. The lowest BCUT2D eigenvalue weighted by molar-refractivity contribution is -0.136. The Morgan fingerprint density at radius 3 is 2.65 bits per heavy atom. The number of fused-ring (bicyclic) bond motifs is 1. The molecule has 1 aliphatic heterocycles. The Labute approximate surface area is 121 Å². The molecule has 0 spiro atoms. The van der Waals surface area contributed by atoms with Crippen molar-refractivity contribution in [3.8, 4) is 0 Å². The molecule has 5 nitrogen and oxygen atoms in total. The van der Waals surface area contributed by atoms with Crippen LogP contribution in [-0.4, -0.2) is 61.4 Å². The molecule has 2 atom stereocenters. The molecule has 0 bridgehead atoms. The number of carbonyl (C=O) groups excluding carboxylic acids is 2. The zero-order valence-electron chi connectivity index (χ0n) is 12.7. The molecule has 0 radical (unpaired) electrons. The van der Waals surface area contributed by atoms with Gasteiger partial charge in [-0.25, -0.2) is 0 Å². The molecule has 2 aliphatic rings. The minimum absolute atomic E-state index is 0.0554. The van der Waals surface area contributed by atoms with E-state index in [1.165, 1.54) is 43.4 Å². The van der Waals surface area contributed by atoms with Crippen molar-refractivity contribution in [1.29, 1.82) is 0 Å². The SMILES string of the molecule is CNC(=O)CN(C)C(=O)CN1CCC[C@@H]2CCCC[C@@H]21. The number of nitrogens with zero attached hydrogens (tertiary/aromatic N) is 2. The highest BCUT2D eigenvalue weighted by Gasteiger charge is 2.34. The van der Waals surface area contributed by atoms with Crippen molar-refractivity contribution in [3.05, 3.63) is 0 Å². The molecule has 1 aliphatic carbocycles. The van der Waals surface area contributed by atoms with Crippen LogP contribution >= 0.6 is 0 Å². The first kappa shape index (κ1) is 15.3. The number of rotatable bonds is 4. The first-order valence-electron chi connectivity index (χ1n) is 7.80. The first-order valence-corrected chi connectivity index (χ1v) is 7.80. The van der Waals surface area contributed by atoms with Crippen LogP contribution in [-0.2, 0) is 9.59 Å². The number of piperidine rings is 1. The monoisotopic (exact) mass is 281 g/mol. The highest BCUT2D eigenvalue weighted by Crippen LogP contribution is 2.34. The maximum Gasteiger partial charge on any atom is 0.239 e. The number of amides is 2. The Hall–Kier alpha value is -1.10. The second kappa shape index (κ2) is 7.07. The number of hydrogen-bond donors (Lipinski definition) is 1. The van der Waals surface area contributed by atoms with E-state index in [9.17, 15) is 9.59 Å².